The third-order valence-electron chi connectivity index (χ3n) is 3.27. The fourth-order valence-electron chi connectivity index (χ4n) is 2.19. The number of rotatable bonds is 3. The van der Waals surface area contributed by atoms with Crippen molar-refractivity contribution in [3.63, 3.8) is 0 Å². The van der Waals surface area contributed by atoms with Crippen LogP contribution in [0.1, 0.15) is 27.0 Å². The van der Waals surface area contributed by atoms with Crippen molar-refractivity contribution in [3.05, 3.63) is 57.1 Å². The topological polar surface area (TPSA) is 67.2 Å². The Morgan fingerprint density at radius 2 is 1.71 bits per heavy atom. The number of benzene rings is 2. The summed E-state index contributed by atoms with van der Waals surface area (Å²) in [6, 6.07) is 9.34. The molecule has 1 amide bonds. The number of hydrazine groups is 1. The van der Waals surface area contributed by atoms with Gasteiger partial charge in [0.25, 0.3) is 5.91 Å². The maximum Gasteiger partial charge on any atom is 0.257 e. The highest BCUT2D eigenvalue weighted by Gasteiger charge is 2.12. The lowest BCUT2D eigenvalue weighted by molar-refractivity contribution is 0.102. The van der Waals surface area contributed by atoms with Gasteiger partial charge in [0.15, 0.2) is 0 Å². The largest absolute Gasteiger partial charge is 0.323 e. The summed E-state index contributed by atoms with van der Waals surface area (Å²) in [6.07, 6.45) is 0. The molecule has 2 rings (SSSR count). The van der Waals surface area contributed by atoms with Crippen LogP contribution in [0.25, 0.3) is 0 Å². The fraction of sp³-hybridized carbons (Fsp3) is 0.188. The van der Waals surface area contributed by atoms with Crippen LogP contribution in [0, 0.1) is 20.8 Å². The molecule has 0 saturated carbocycles. The number of hydrogen-bond donors (Lipinski definition) is 3. The van der Waals surface area contributed by atoms with Crippen LogP contribution in [-0.2, 0) is 0 Å². The van der Waals surface area contributed by atoms with Crippen LogP contribution in [0.3, 0.4) is 0 Å². The number of nitrogen functional groups attached to an aromatic ring is 1. The first-order valence-electron chi connectivity index (χ1n) is 6.57. The molecular formula is C16H18BrN3O. The summed E-state index contributed by atoms with van der Waals surface area (Å²) in [5.41, 5.74) is 7.64. The molecule has 21 heavy (non-hydrogen) atoms. The molecule has 0 radical (unpaired) electrons. The molecule has 4 nitrogen and oxygen atoms in total. The van der Waals surface area contributed by atoms with E-state index < -0.39 is 0 Å². The van der Waals surface area contributed by atoms with Crippen molar-refractivity contribution in [2.45, 2.75) is 20.8 Å². The van der Waals surface area contributed by atoms with Crippen molar-refractivity contribution in [3.8, 4) is 0 Å². The number of carbonyl (C=O) groups is 1. The second kappa shape index (κ2) is 6.28. The van der Waals surface area contributed by atoms with Gasteiger partial charge in [-0.1, -0.05) is 22.0 Å². The minimum atomic E-state index is -0.191. The molecule has 0 aliphatic carbocycles. The highest BCUT2D eigenvalue weighted by atomic mass is 79.9. The zero-order valence-electron chi connectivity index (χ0n) is 12.3. The fourth-order valence-corrected chi connectivity index (χ4v) is 2.42. The molecule has 0 aliphatic heterocycles. The Kier molecular flexibility index (Phi) is 4.65. The number of anilines is 2. The monoisotopic (exact) mass is 347 g/mol. The van der Waals surface area contributed by atoms with Crippen LogP contribution in [0.2, 0.25) is 0 Å². The van der Waals surface area contributed by atoms with Gasteiger partial charge in [0.1, 0.15) is 0 Å². The van der Waals surface area contributed by atoms with E-state index in [0.29, 0.717) is 11.3 Å². The van der Waals surface area contributed by atoms with E-state index in [9.17, 15) is 4.79 Å². The SMILES string of the molecule is Cc1ccc(C(=O)Nc2cc(C)c(Br)c(C)c2)c(NN)c1. The van der Waals surface area contributed by atoms with Gasteiger partial charge in [-0.15, -0.1) is 0 Å². The zero-order valence-corrected chi connectivity index (χ0v) is 13.8. The molecule has 110 valence electrons. The highest BCUT2D eigenvalue weighted by Crippen LogP contribution is 2.26. The van der Waals surface area contributed by atoms with Crippen LogP contribution in [0.15, 0.2) is 34.8 Å². The Morgan fingerprint density at radius 1 is 1.10 bits per heavy atom. The Balaban J connectivity index is 2.30. The van der Waals surface area contributed by atoms with Crippen molar-refractivity contribution in [2.24, 2.45) is 5.84 Å². The van der Waals surface area contributed by atoms with Crippen molar-refractivity contribution in [2.75, 3.05) is 10.7 Å². The van der Waals surface area contributed by atoms with E-state index in [0.717, 1.165) is 26.9 Å². The summed E-state index contributed by atoms with van der Waals surface area (Å²) in [5, 5.41) is 2.91. The summed E-state index contributed by atoms with van der Waals surface area (Å²) in [6.45, 7) is 5.93. The molecule has 0 atom stereocenters. The second-order valence-corrected chi connectivity index (χ2v) is 5.86. The average Bonchev–Trinajstić information content (AvgIpc) is 2.44. The van der Waals surface area contributed by atoms with Gasteiger partial charge in [0.2, 0.25) is 0 Å². The van der Waals surface area contributed by atoms with E-state index in [1.54, 1.807) is 6.07 Å². The third-order valence-corrected chi connectivity index (χ3v) is 4.52. The van der Waals surface area contributed by atoms with Gasteiger partial charge in [-0.3, -0.25) is 10.6 Å². The van der Waals surface area contributed by atoms with Gasteiger partial charge in [0.05, 0.1) is 11.3 Å². The summed E-state index contributed by atoms with van der Waals surface area (Å²) in [4.78, 5) is 12.4. The Hall–Kier alpha value is -1.85. The standard InChI is InChI=1S/C16H18BrN3O/c1-9-4-5-13(14(6-9)20-18)16(21)19-12-7-10(2)15(17)11(3)8-12/h4-8,20H,18H2,1-3H3,(H,19,21). The first kappa shape index (κ1) is 15.5. The van der Waals surface area contributed by atoms with E-state index in [2.05, 4.69) is 26.7 Å². The lowest BCUT2D eigenvalue weighted by Crippen LogP contribution is -2.17. The van der Waals surface area contributed by atoms with Crippen molar-refractivity contribution < 1.29 is 4.79 Å². The molecule has 2 aromatic carbocycles. The number of nitrogens with two attached hydrogens (primary N) is 1. The molecule has 2 aromatic rings. The molecule has 0 spiro atoms. The number of hydrogen-bond acceptors (Lipinski definition) is 3. The Morgan fingerprint density at radius 3 is 2.29 bits per heavy atom. The van der Waals surface area contributed by atoms with Crippen LogP contribution in [0.4, 0.5) is 11.4 Å². The van der Waals surface area contributed by atoms with E-state index in [4.69, 9.17) is 5.84 Å². The maximum absolute atomic E-state index is 12.4. The number of amides is 1. The smallest absolute Gasteiger partial charge is 0.257 e. The number of halogens is 1. The van der Waals surface area contributed by atoms with E-state index in [-0.39, 0.29) is 5.91 Å². The molecular weight excluding hydrogens is 330 g/mol. The summed E-state index contributed by atoms with van der Waals surface area (Å²) < 4.78 is 1.06. The lowest BCUT2D eigenvalue weighted by atomic mass is 10.1. The molecule has 0 saturated heterocycles. The molecule has 5 heteroatoms. The van der Waals surface area contributed by atoms with Crippen molar-refractivity contribution in [1.29, 1.82) is 0 Å². The third kappa shape index (κ3) is 3.43. The number of nitrogens with one attached hydrogen (secondary N) is 2. The molecule has 4 N–H and O–H groups in total. The molecule has 0 aliphatic rings. The summed E-state index contributed by atoms with van der Waals surface area (Å²) in [7, 11) is 0. The normalized spacial score (nSPS) is 10.3. The van der Waals surface area contributed by atoms with E-state index >= 15 is 0 Å². The first-order chi connectivity index (χ1) is 9.92. The molecule has 0 fully saturated rings. The predicted octanol–water partition coefficient (Wildman–Crippen LogP) is 3.91. The number of carbonyl (C=O) groups excluding carboxylic acids is 1. The predicted molar refractivity (Wildman–Crippen MR) is 90.6 cm³/mol. The van der Waals surface area contributed by atoms with Gasteiger partial charge >= 0.3 is 0 Å². The zero-order chi connectivity index (χ0) is 15.6. The van der Waals surface area contributed by atoms with Gasteiger partial charge in [-0.25, -0.2) is 0 Å². The summed E-state index contributed by atoms with van der Waals surface area (Å²) >= 11 is 3.52. The van der Waals surface area contributed by atoms with Crippen molar-refractivity contribution in [1.82, 2.24) is 0 Å². The molecule has 0 heterocycles. The minimum absolute atomic E-state index is 0.191. The lowest BCUT2D eigenvalue weighted by Gasteiger charge is -2.12. The Bertz CT molecular complexity index is 675. The van der Waals surface area contributed by atoms with Gasteiger partial charge in [-0.2, -0.15) is 0 Å². The molecule has 0 aromatic heterocycles. The first-order valence-corrected chi connectivity index (χ1v) is 7.37. The molecule has 0 unspecified atom stereocenters. The molecule has 0 bridgehead atoms. The average molecular weight is 348 g/mol. The van der Waals surface area contributed by atoms with Crippen LogP contribution in [-0.4, -0.2) is 5.91 Å². The van der Waals surface area contributed by atoms with Gasteiger partial charge in [-0.05, 0) is 61.7 Å². The van der Waals surface area contributed by atoms with Crippen LogP contribution < -0.4 is 16.6 Å². The highest BCUT2D eigenvalue weighted by molar-refractivity contribution is 9.10. The van der Waals surface area contributed by atoms with Crippen LogP contribution in [0.5, 0.6) is 0 Å². The van der Waals surface area contributed by atoms with Crippen LogP contribution >= 0.6 is 15.9 Å². The van der Waals surface area contributed by atoms with Gasteiger partial charge in [0, 0.05) is 10.2 Å². The Labute approximate surface area is 132 Å². The minimum Gasteiger partial charge on any atom is -0.323 e. The van der Waals surface area contributed by atoms with E-state index in [1.165, 1.54) is 0 Å². The van der Waals surface area contributed by atoms with Gasteiger partial charge < -0.3 is 10.7 Å². The van der Waals surface area contributed by atoms with Crippen molar-refractivity contribution >= 4 is 33.2 Å². The second-order valence-electron chi connectivity index (χ2n) is 5.07. The van der Waals surface area contributed by atoms with E-state index in [1.807, 2.05) is 45.0 Å². The maximum atomic E-state index is 12.4. The quantitative estimate of drug-likeness (QED) is 0.582. The summed E-state index contributed by atoms with van der Waals surface area (Å²) in [5.74, 6) is 5.29. The number of aryl methyl sites for hydroxylation is 3.